The average Bonchev–Trinajstić information content (AvgIpc) is 2.55. The van der Waals surface area contributed by atoms with Crippen LogP contribution >= 0.6 is 35.3 Å². The summed E-state index contributed by atoms with van der Waals surface area (Å²) in [6.07, 6.45) is 9.69. The maximum absolute atomic E-state index is 12.7. The number of unbranched alkanes of at least 4 members (excludes halogenated alkanes) is 4. The van der Waals surface area contributed by atoms with Crippen molar-refractivity contribution in [2.75, 3.05) is 17.3 Å². The summed E-state index contributed by atoms with van der Waals surface area (Å²) in [5.74, 6) is 3.59. The maximum Gasteiger partial charge on any atom is 0.196 e. The lowest BCUT2D eigenvalue weighted by atomic mass is 9.96. The highest BCUT2D eigenvalue weighted by Gasteiger charge is 2.24. The number of rotatable bonds is 10. The van der Waals surface area contributed by atoms with Crippen molar-refractivity contribution in [1.82, 2.24) is 0 Å². The molecule has 0 aromatic heterocycles. The Morgan fingerprint density at radius 3 is 2.41 bits per heavy atom. The minimum atomic E-state index is 0.159. The molecule has 1 fully saturated rings. The third-order valence-corrected chi connectivity index (χ3v) is 7.90. The smallest absolute Gasteiger partial charge is 0.196 e. The number of carbonyl (C=O) groups excluding carboxylic acids is 1. The fourth-order valence-electron chi connectivity index (χ4n) is 2.50. The first kappa shape index (κ1) is 20.5. The predicted molar refractivity (Wildman–Crippen MR) is 107 cm³/mol. The third kappa shape index (κ3) is 7.83. The van der Waals surface area contributed by atoms with Gasteiger partial charge in [-0.2, -0.15) is 0 Å². The first-order chi connectivity index (χ1) is 10.7. The summed E-state index contributed by atoms with van der Waals surface area (Å²) in [7, 11) is 0. The fraction of sp³-hybridized carbons (Fsp3) is 0.833. The molecule has 0 aromatic carbocycles. The lowest BCUT2D eigenvalue weighted by molar-refractivity contribution is -0.113. The Labute approximate surface area is 150 Å². The van der Waals surface area contributed by atoms with E-state index >= 15 is 0 Å². The molecule has 1 aliphatic heterocycles. The monoisotopic (exact) mass is 360 g/mol. The molecule has 0 aromatic rings. The van der Waals surface area contributed by atoms with Crippen LogP contribution in [0.25, 0.3) is 0 Å². The highest BCUT2D eigenvalue weighted by molar-refractivity contribution is 8.22. The summed E-state index contributed by atoms with van der Waals surface area (Å²) < 4.78 is 1.44. The van der Waals surface area contributed by atoms with Gasteiger partial charge in [0.1, 0.15) is 0 Å². The van der Waals surface area contributed by atoms with Crippen LogP contribution in [0.15, 0.2) is 9.81 Å². The SMILES string of the molecule is CCCCCCC(C(=O)SCCCC)C(C)=C1SCCCS1. The van der Waals surface area contributed by atoms with Gasteiger partial charge in [-0.05, 0) is 43.3 Å². The van der Waals surface area contributed by atoms with Crippen molar-refractivity contribution in [1.29, 1.82) is 0 Å². The zero-order chi connectivity index (χ0) is 16.2. The second-order valence-corrected chi connectivity index (χ2v) is 9.51. The zero-order valence-corrected chi connectivity index (χ0v) is 16.9. The van der Waals surface area contributed by atoms with Gasteiger partial charge in [0.15, 0.2) is 5.12 Å². The third-order valence-electron chi connectivity index (χ3n) is 3.97. The number of carbonyl (C=O) groups is 1. The second kappa shape index (κ2) is 12.8. The van der Waals surface area contributed by atoms with Crippen LogP contribution in [-0.2, 0) is 4.79 Å². The predicted octanol–water partition coefficient (Wildman–Crippen LogP) is 6.73. The molecule has 1 rings (SSSR count). The first-order valence-electron chi connectivity index (χ1n) is 8.83. The molecule has 1 saturated heterocycles. The van der Waals surface area contributed by atoms with E-state index in [1.54, 1.807) is 11.8 Å². The van der Waals surface area contributed by atoms with Gasteiger partial charge in [0.05, 0.1) is 5.92 Å². The van der Waals surface area contributed by atoms with E-state index in [1.165, 1.54) is 59.8 Å². The highest BCUT2D eigenvalue weighted by atomic mass is 32.2. The molecule has 1 aliphatic rings. The van der Waals surface area contributed by atoms with Crippen LogP contribution in [0.3, 0.4) is 0 Å². The standard InChI is InChI=1S/C18H32OS3/c1-4-6-8-9-11-16(17(19)20-12-7-5-2)15(3)18-21-13-10-14-22-18/h16H,4-14H2,1-3H3. The Kier molecular flexibility index (Phi) is 12.0. The normalized spacial score (nSPS) is 16.6. The molecular weight excluding hydrogens is 328 g/mol. The molecule has 0 bridgehead atoms. The van der Waals surface area contributed by atoms with E-state index in [2.05, 4.69) is 20.8 Å². The van der Waals surface area contributed by atoms with Gasteiger partial charge in [-0.25, -0.2) is 0 Å². The van der Waals surface area contributed by atoms with Crippen molar-refractivity contribution < 1.29 is 4.79 Å². The van der Waals surface area contributed by atoms with Gasteiger partial charge in [-0.1, -0.05) is 57.7 Å². The number of thioether (sulfide) groups is 3. The Morgan fingerprint density at radius 1 is 1.09 bits per heavy atom. The van der Waals surface area contributed by atoms with Gasteiger partial charge in [0.2, 0.25) is 0 Å². The van der Waals surface area contributed by atoms with Crippen molar-refractivity contribution in [2.45, 2.75) is 72.1 Å². The van der Waals surface area contributed by atoms with Crippen LogP contribution in [-0.4, -0.2) is 22.4 Å². The van der Waals surface area contributed by atoms with Crippen LogP contribution in [0.4, 0.5) is 0 Å². The van der Waals surface area contributed by atoms with Gasteiger partial charge in [-0.3, -0.25) is 4.79 Å². The topological polar surface area (TPSA) is 17.1 Å². The summed E-state index contributed by atoms with van der Waals surface area (Å²) in [6.45, 7) is 6.64. The molecule has 1 atom stereocenters. The molecule has 1 unspecified atom stereocenters. The number of hydrogen-bond donors (Lipinski definition) is 0. The molecule has 1 heterocycles. The molecular formula is C18H32OS3. The summed E-state index contributed by atoms with van der Waals surface area (Å²) in [5, 5.41) is 0.418. The van der Waals surface area contributed by atoms with Crippen molar-refractivity contribution >= 4 is 40.4 Å². The molecule has 128 valence electrons. The number of hydrogen-bond acceptors (Lipinski definition) is 4. The van der Waals surface area contributed by atoms with E-state index < -0.39 is 0 Å². The van der Waals surface area contributed by atoms with Gasteiger partial charge < -0.3 is 0 Å². The van der Waals surface area contributed by atoms with Gasteiger partial charge in [-0.15, -0.1) is 23.5 Å². The van der Waals surface area contributed by atoms with E-state index in [0.717, 1.165) is 18.6 Å². The summed E-state index contributed by atoms with van der Waals surface area (Å²) >= 11 is 5.51. The second-order valence-electron chi connectivity index (χ2n) is 5.94. The summed E-state index contributed by atoms with van der Waals surface area (Å²) in [4.78, 5) is 12.7. The Hall–Kier alpha value is 0.460. The fourth-order valence-corrected chi connectivity index (χ4v) is 6.34. The van der Waals surface area contributed by atoms with Crippen LogP contribution in [0.1, 0.15) is 72.1 Å². The van der Waals surface area contributed by atoms with Crippen molar-refractivity contribution in [2.24, 2.45) is 5.92 Å². The van der Waals surface area contributed by atoms with Crippen LogP contribution in [0.5, 0.6) is 0 Å². The van der Waals surface area contributed by atoms with Gasteiger partial charge in [0, 0.05) is 9.99 Å². The van der Waals surface area contributed by atoms with E-state index in [1.807, 2.05) is 23.5 Å². The lowest BCUT2D eigenvalue weighted by Crippen LogP contribution is -2.15. The summed E-state index contributed by atoms with van der Waals surface area (Å²) in [5.41, 5.74) is 1.36. The van der Waals surface area contributed by atoms with Crippen molar-refractivity contribution in [3.05, 3.63) is 9.81 Å². The molecule has 0 aliphatic carbocycles. The number of allylic oxidation sites excluding steroid dienone is 1. The first-order valence-corrected chi connectivity index (χ1v) is 11.8. The lowest BCUT2D eigenvalue weighted by Gasteiger charge is -2.22. The van der Waals surface area contributed by atoms with Crippen LogP contribution < -0.4 is 0 Å². The molecule has 0 spiro atoms. The highest BCUT2D eigenvalue weighted by Crippen LogP contribution is 2.41. The maximum atomic E-state index is 12.7. The van der Waals surface area contributed by atoms with E-state index in [9.17, 15) is 4.79 Å². The van der Waals surface area contributed by atoms with Gasteiger partial charge in [0.25, 0.3) is 0 Å². The quantitative estimate of drug-likeness (QED) is 0.401. The van der Waals surface area contributed by atoms with Gasteiger partial charge >= 0.3 is 0 Å². The van der Waals surface area contributed by atoms with Crippen molar-refractivity contribution in [3.8, 4) is 0 Å². The van der Waals surface area contributed by atoms with Crippen molar-refractivity contribution in [3.63, 3.8) is 0 Å². The molecule has 4 heteroatoms. The average molecular weight is 361 g/mol. The minimum absolute atomic E-state index is 0.159. The van der Waals surface area contributed by atoms with E-state index in [-0.39, 0.29) is 5.92 Å². The van der Waals surface area contributed by atoms with E-state index in [4.69, 9.17) is 0 Å². The molecule has 22 heavy (non-hydrogen) atoms. The Morgan fingerprint density at radius 2 is 1.77 bits per heavy atom. The van der Waals surface area contributed by atoms with Crippen LogP contribution in [0.2, 0.25) is 0 Å². The molecule has 0 radical (unpaired) electrons. The molecule has 0 amide bonds. The van der Waals surface area contributed by atoms with Crippen LogP contribution in [0, 0.1) is 5.92 Å². The zero-order valence-electron chi connectivity index (χ0n) is 14.5. The Bertz CT molecular complexity index is 344. The largest absolute Gasteiger partial charge is 0.287 e. The van der Waals surface area contributed by atoms with E-state index in [0.29, 0.717) is 5.12 Å². The summed E-state index contributed by atoms with van der Waals surface area (Å²) in [6, 6.07) is 0. The molecule has 0 N–H and O–H groups in total. The molecule has 1 nitrogen and oxygen atoms in total. The minimum Gasteiger partial charge on any atom is -0.287 e. The Balaban J connectivity index is 2.64. The molecule has 0 saturated carbocycles.